The third-order valence-corrected chi connectivity index (χ3v) is 6.12. The van der Waals surface area contributed by atoms with Crippen LogP contribution in [0.25, 0.3) is 0 Å². The molecule has 27 heavy (non-hydrogen) atoms. The van der Waals surface area contributed by atoms with Crippen LogP contribution in [0.3, 0.4) is 0 Å². The van der Waals surface area contributed by atoms with Gasteiger partial charge in [-0.15, -0.1) is 11.8 Å². The first-order chi connectivity index (χ1) is 13.2. The zero-order chi connectivity index (χ0) is 18.8. The second-order valence-electron chi connectivity index (χ2n) is 6.25. The molecule has 4 rings (SSSR count). The highest BCUT2D eigenvalue weighted by atomic mass is 35.5. The molecule has 1 aliphatic rings. The normalized spacial score (nSPS) is 18.9. The van der Waals surface area contributed by atoms with Gasteiger partial charge in [0.15, 0.2) is 0 Å². The number of halogens is 1. The molecule has 0 saturated carbocycles. The van der Waals surface area contributed by atoms with Crippen molar-refractivity contribution in [3.63, 3.8) is 0 Å². The number of β-lactam (4-membered cyclic amide) rings is 1. The Labute approximate surface area is 167 Å². The van der Waals surface area contributed by atoms with Crippen molar-refractivity contribution in [1.29, 1.82) is 0 Å². The minimum atomic E-state index is -0.171. The van der Waals surface area contributed by atoms with Gasteiger partial charge in [0.1, 0.15) is 11.0 Å². The van der Waals surface area contributed by atoms with Gasteiger partial charge in [0.05, 0.1) is 13.2 Å². The molecule has 3 nitrogen and oxygen atoms in total. The van der Waals surface area contributed by atoms with Gasteiger partial charge in [-0.2, -0.15) is 0 Å². The zero-order valence-electron chi connectivity index (χ0n) is 14.7. The fourth-order valence-electron chi connectivity index (χ4n) is 3.24. The predicted octanol–water partition coefficient (Wildman–Crippen LogP) is 5.60. The Balaban J connectivity index is 1.65. The van der Waals surface area contributed by atoms with Gasteiger partial charge < -0.3 is 9.64 Å². The molecule has 2 atom stereocenters. The van der Waals surface area contributed by atoms with Crippen LogP contribution in [0.2, 0.25) is 5.02 Å². The summed E-state index contributed by atoms with van der Waals surface area (Å²) < 4.78 is 5.23. The molecule has 3 aromatic rings. The predicted molar refractivity (Wildman–Crippen MR) is 111 cm³/mol. The standard InChI is InChI=1S/C22H18ClNO2S/c1-26-18-11-9-17(10-12-18)24-20(15-5-3-2-4-6-15)21(22(24)25)27-19-13-7-16(23)8-14-19/h2-14,20-21H,1H3/t20-,21-/m0/s1. The van der Waals surface area contributed by atoms with Crippen LogP contribution in [0.1, 0.15) is 11.6 Å². The smallest absolute Gasteiger partial charge is 0.243 e. The largest absolute Gasteiger partial charge is 0.497 e. The van der Waals surface area contributed by atoms with Crippen LogP contribution in [0.4, 0.5) is 5.69 Å². The number of amides is 1. The number of carbonyl (C=O) groups excluding carboxylic acids is 1. The van der Waals surface area contributed by atoms with Crippen LogP contribution in [0.15, 0.2) is 83.8 Å². The number of hydrogen-bond donors (Lipinski definition) is 0. The van der Waals surface area contributed by atoms with Gasteiger partial charge in [-0.25, -0.2) is 0 Å². The van der Waals surface area contributed by atoms with E-state index in [1.165, 1.54) is 0 Å². The fraction of sp³-hybridized carbons (Fsp3) is 0.136. The highest BCUT2D eigenvalue weighted by molar-refractivity contribution is 8.00. The van der Waals surface area contributed by atoms with Gasteiger partial charge in [0.2, 0.25) is 5.91 Å². The van der Waals surface area contributed by atoms with Crippen molar-refractivity contribution in [2.24, 2.45) is 0 Å². The summed E-state index contributed by atoms with van der Waals surface area (Å²) >= 11 is 7.56. The van der Waals surface area contributed by atoms with E-state index in [-0.39, 0.29) is 17.2 Å². The number of nitrogens with zero attached hydrogens (tertiary/aromatic N) is 1. The number of methoxy groups -OCH3 is 1. The summed E-state index contributed by atoms with van der Waals surface area (Å²) in [4.78, 5) is 15.9. The molecule has 0 N–H and O–H groups in total. The van der Waals surface area contributed by atoms with Gasteiger partial charge in [-0.1, -0.05) is 41.9 Å². The third kappa shape index (κ3) is 3.55. The Morgan fingerprint density at radius 1 is 0.926 bits per heavy atom. The number of anilines is 1. The van der Waals surface area contributed by atoms with Crippen molar-refractivity contribution in [3.8, 4) is 5.75 Å². The van der Waals surface area contributed by atoms with Crippen molar-refractivity contribution in [2.45, 2.75) is 16.2 Å². The summed E-state index contributed by atoms with van der Waals surface area (Å²) in [7, 11) is 1.63. The van der Waals surface area contributed by atoms with Crippen molar-refractivity contribution >= 4 is 35.0 Å². The first kappa shape index (κ1) is 18.0. The van der Waals surface area contributed by atoms with E-state index in [1.807, 2.05) is 71.6 Å². The molecule has 1 heterocycles. The van der Waals surface area contributed by atoms with Crippen LogP contribution in [-0.4, -0.2) is 18.3 Å². The molecule has 0 unspecified atom stereocenters. The summed E-state index contributed by atoms with van der Waals surface area (Å²) in [5, 5.41) is 0.523. The number of benzene rings is 3. The van der Waals surface area contributed by atoms with E-state index in [9.17, 15) is 4.79 Å². The van der Waals surface area contributed by atoms with Gasteiger partial charge in [-0.3, -0.25) is 4.79 Å². The van der Waals surface area contributed by atoms with E-state index >= 15 is 0 Å². The monoisotopic (exact) mass is 395 g/mol. The van der Waals surface area contributed by atoms with E-state index in [1.54, 1.807) is 18.9 Å². The summed E-state index contributed by atoms with van der Waals surface area (Å²) in [6.07, 6.45) is 0. The van der Waals surface area contributed by atoms with Gasteiger partial charge in [0, 0.05) is 15.6 Å². The van der Waals surface area contributed by atoms with E-state index in [2.05, 4.69) is 12.1 Å². The van der Waals surface area contributed by atoms with Crippen molar-refractivity contribution < 1.29 is 9.53 Å². The Hall–Kier alpha value is -2.43. The van der Waals surface area contributed by atoms with Crippen LogP contribution in [0, 0.1) is 0 Å². The Morgan fingerprint density at radius 2 is 1.59 bits per heavy atom. The van der Waals surface area contributed by atoms with Crippen LogP contribution in [-0.2, 0) is 4.79 Å². The first-order valence-corrected chi connectivity index (χ1v) is 9.87. The second kappa shape index (κ2) is 7.67. The van der Waals surface area contributed by atoms with Gasteiger partial charge >= 0.3 is 0 Å². The van der Waals surface area contributed by atoms with Crippen molar-refractivity contribution in [1.82, 2.24) is 0 Å². The van der Waals surface area contributed by atoms with E-state index in [4.69, 9.17) is 16.3 Å². The van der Waals surface area contributed by atoms with Crippen molar-refractivity contribution in [3.05, 3.63) is 89.4 Å². The molecular weight excluding hydrogens is 378 g/mol. The lowest BCUT2D eigenvalue weighted by Gasteiger charge is -2.47. The fourth-order valence-corrected chi connectivity index (χ4v) is 4.58. The maximum atomic E-state index is 13.0. The third-order valence-electron chi connectivity index (χ3n) is 4.61. The highest BCUT2D eigenvalue weighted by Gasteiger charge is 2.49. The molecule has 0 radical (unpaired) electrons. The molecule has 0 bridgehead atoms. The van der Waals surface area contributed by atoms with Crippen LogP contribution < -0.4 is 9.64 Å². The van der Waals surface area contributed by atoms with Gasteiger partial charge in [0.25, 0.3) is 0 Å². The zero-order valence-corrected chi connectivity index (χ0v) is 16.3. The van der Waals surface area contributed by atoms with E-state index in [0.717, 1.165) is 21.9 Å². The number of rotatable bonds is 5. The maximum Gasteiger partial charge on any atom is 0.243 e. The minimum absolute atomic E-state index is 0.0206. The van der Waals surface area contributed by atoms with Crippen LogP contribution >= 0.6 is 23.4 Å². The van der Waals surface area contributed by atoms with Gasteiger partial charge in [-0.05, 0) is 54.1 Å². The Kier molecular flexibility index (Phi) is 5.10. The van der Waals surface area contributed by atoms with E-state index < -0.39 is 0 Å². The molecule has 1 fully saturated rings. The lowest BCUT2D eigenvalue weighted by molar-refractivity contribution is -0.123. The number of carbonyl (C=O) groups is 1. The number of ether oxygens (including phenoxy) is 1. The maximum absolute atomic E-state index is 13.0. The topological polar surface area (TPSA) is 29.5 Å². The first-order valence-electron chi connectivity index (χ1n) is 8.61. The molecule has 0 aromatic heterocycles. The highest BCUT2D eigenvalue weighted by Crippen LogP contribution is 2.47. The summed E-state index contributed by atoms with van der Waals surface area (Å²) in [5.74, 6) is 0.879. The second-order valence-corrected chi connectivity index (χ2v) is 7.91. The molecule has 1 amide bonds. The number of hydrogen-bond acceptors (Lipinski definition) is 3. The summed E-state index contributed by atoms with van der Waals surface area (Å²) in [6, 6.07) is 25.4. The molecule has 1 saturated heterocycles. The Bertz CT molecular complexity index is 929. The minimum Gasteiger partial charge on any atom is -0.497 e. The molecule has 0 aliphatic carbocycles. The lowest BCUT2D eigenvalue weighted by Crippen LogP contribution is -2.57. The molecule has 1 aliphatic heterocycles. The quantitative estimate of drug-likeness (QED) is 0.527. The van der Waals surface area contributed by atoms with Crippen molar-refractivity contribution in [2.75, 3.05) is 12.0 Å². The summed E-state index contributed by atoms with van der Waals surface area (Å²) in [5.41, 5.74) is 2.00. The molecule has 0 spiro atoms. The molecule has 3 aromatic carbocycles. The molecular formula is C22H18ClNO2S. The van der Waals surface area contributed by atoms with Crippen LogP contribution in [0.5, 0.6) is 5.75 Å². The Morgan fingerprint density at radius 3 is 2.22 bits per heavy atom. The molecule has 5 heteroatoms. The number of thioether (sulfide) groups is 1. The molecule has 136 valence electrons. The average molecular weight is 396 g/mol. The summed E-state index contributed by atoms with van der Waals surface area (Å²) in [6.45, 7) is 0. The average Bonchev–Trinajstić information content (AvgIpc) is 2.72. The van der Waals surface area contributed by atoms with E-state index in [0.29, 0.717) is 5.02 Å². The lowest BCUT2D eigenvalue weighted by atomic mass is 9.92. The SMILES string of the molecule is COc1ccc(N2C(=O)[C@@H](Sc3ccc(Cl)cc3)[C@@H]2c2ccccc2)cc1.